The molecule has 0 unspecified atom stereocenters. The third-order valence-electron chi connectivity index (χ3n) is 5.11. The number of carbonyl (C=O) groups excluding carboxylic acids is 2. The quantitative estimate of drug-likeness (QED) is 0.303. The highest BCUT2D eigenvalue weighted by Gasteiger charge is 2.13. The Labute approximate surface area is 201 Å². The molecule has 0 saturated heterocycles. The fourth-order valence-corrected chi connectivity index (χ4v) is 3.91. The summed E-state index contributed by atoms with van der Waals surface area (Å²) < 4.78 is 8.40. The molecule has 10 heteroatoms. The van der Waals surface area contributed by atoms with Crippen molar-refractivity contribution in [2.24, 2.45) is 0 Å². The van der Waals surface area contributed by atoms with Gasteiger partial charge in [0.05, 0.1) is 18.0 Å². The molecule has 0 fully saturated rings. The third-order valence-corrected chi connectivity index (χ3v) is 6.05. The molecule has 0 bridgehead atoms. The molecule has 2 aromatic heterocycles. The van der Waals surface area contributed by atoms with Crippen LogP contribution in [0.25, 0.3) is 11.4 Å². The Morgan fingerprint density at radius 3 is 2.53 bits per heavy atom. The van der Waals surface area contributed by atoms with E-state index in [1.165, 1.54) is 22.9 Å². The summed E-state index contributed by atoms with van der Waals surface area (Å²) in [5.41, 5.74) is 4.99. The van der Waals surface area contributed by atoms with Crippen molar-refractivity contribution in [1.82, 2.24) is 24.5 Å². The minimum absolute atomic E-state index is 0.156. The van der Waals surface area contributed by atoms with Gasteiger partial charge in [0.1, 0.15) is 6.33 Å². The van der Waals surface area contributed by atoms with E-state index >= 15 is 0 Å². The number of carbonyl (C=O) groups is 2. The number of aryl methyl sites for hydroxylation is 2. The number of esters is 1. The van der Waals surface area contributed by atoms with Crippen LogP contribution in [0, 0.1) is 13.8 Å². The Bertz CT molecular complexity index is 1310. The summed E-state index contributed by atoms with van der Waals surface area (Å²) in [6.45, 7) is 6.16. The molecule has 174 valence electrons. The zero-order valence-electron chi connectivity index (χ0n) is 19.1. The average Bonchev–Trinajstić information content (AvgIpc) is 3.50. The van der Waals surface area contributed by atoms with E-state index in [0.717, 1.165) is 11.4 Å². The first-order valence-electron chi connectivity index (χ1n) is 10.7. The van der Waals surface area contributed by atoms with Crippen LogP contribution in [0.4, 0.5) is 5.69 Å². The van der Waals surface area contributed by atoms with Gasteiger partial charge in [0.15, 0.2) is 10.9 Å². The van der Waals surface area contributed by atoms with Crippen LogP contribution in [0.2, 0.25) is 0 Å². The monoisotopic (exact) mass is 476 g/mol. The summed E-state index contributed by atoms with van der Waals surface area (Å²) in [7, 11) is 0. The molecule has 2 heterocycles. The predicted octanol–water partition coefficient (Wildman–Crippen LogP) is 3.98. The van der Waals surface area contributed by atoms with E-state index in [1.54, 1.807) is 54.5 Å². The lowest BCUT2D eigenvalue weighted by atomic mass is 10.1. The zero-order chi connectivity index (χ0) is 24.1. The summed E-state index contributed by atoms with van der Waals surface area (Å²) >= 11 is 1.31. The zero-order valence-corrected chi connectivity index (χ0v) is 19.9. The van der Waals surface area contributed by atoms with Crippen LogP contribution in [-0.4, -0.2) is 48.8 Å². The number of hydrogen-bond donors (Lipinski definition) is 1. The van der Waals surface area contributed by atoms with Gasteiger partial charge in [0.2, 0.25) is 5.91 Å². The highest BCUT2D eigenvalue weighted by Crippen LogP contribution is 2.22. The summed E-state index contributed by atoms with van der Waals surface area (Å²) in [6.07, 6.45) is 3.33. The largest absolute Gasteiger partial charge is 0.461 e. The highest BCUT2D eigenvalue weighted by molar-refractivity contribution is 7.99. The molecular weight excluding hydrogens is 452 g/mol. The van der Waals surface area contributed by atoms with Gasteiger partial charge < -0.3 is 10.1 Å². The summed E-state index contributed by atoms with van der Waals surface area (Å²) in [6, 6.07) is 14.9. The van der Waals surface area contributed by atoms with Crippen LogP contribution in [-0.2, 0) is 9.53 Å². The van der Waals surface area contributed by atoms with Crippen molar-refractivity contribution in [2.75, 3.05) is 17.7 Å². The first-order valence-corrected chi connectivity index (χ1v) is 11.7. The van der Waals surface area contributed by atoms with Gasteiger partial charge in [0, 0.05) is 17.6 Å². The maximum atomic E-state index is 12.5. The number of hydrogen-bond acceptors (Lipinski definition) is 7. The topological polar surface area (TPSA) is 104 Å². The molecule has 0 aliphatic carbocycles. The molecular formula is C24H24N6O3S. The third kappa shape index (κ3) is 5.34. The van der Waals surface area contributed by atoms with Gasteiger partial charge >= 0.3 is 5.97 Å². The first-order chi connectivity index (χ1) is 16.4. The number of thioether (sulfide) groups is 1. The van der Waals surface area contributed by atoms with E-state index in [2.05, 4.69) is 46.6 Å². The smallest absolute Gasteiger partial charge is 0.358 e. The molecule has 0 aliphatic heterocycles. The number of nitrogens with one attached hydrogen (secondary N) is 1. The van der Waals surface area contributed by atoms with Gasteiger partial charge in [-0.15, -0.1) is 10.2 Å². The Morgan fingerprint density at radius 2 is 1.79 bits per heavy atom. The minimum atomic E-state index is -0.462. The highest BCUT2D eigenvalue weighted by atomic mass is 32.2. The first kappa shape index (κ1) is 23.2. The normalized spacial score (nSPS) is 10.8. The second-order valence-corrected chi connectivity index (χ2v) is 8.44. The Morgan fingerprint density at radius 1 is 1.03 bits per heavy atom. The average molecular weight is 477 g/mol. The van der Waals surface area contributed by atoms with Crippen LogP contribution in [0.5, 0.6) is 0 Å². The standard InChI is InChI=1S/C24H24N6O3S/c1-4-33-23(32)21-11-12-30(28-21)19-9-6-18(7-10-19)26-22(31)14-34-24-27-25-15-29(24)20-8-5-16(2)17(3)13-20/h5-13,15H,4,14H2,1-3H3,(H,26,31). The van der Waals surface area contributed by atoms with E-state index in [4.69, 9.17) is 4.74 Å². The Balaban J connectivity index is 1.35. The Kier molecular flexibility index (Phi) is 7.07. The van der Waals surface area contributed by atoms with Crippen LogP contribution in [0.15, 0.2) is 66.2 Å². The van der Waals surface area contributed by atoms with Crippen molar-refractivity contribution >= 4 is 29.3 Å². The summed E-state index contributed by atoms with van der Waals surface area (Å²) in [5, 5.41) is 15.9. The van der Waals surface area contributed by atoms with Gasteiger partial charge in [-0.3, -0.25) is 9.36 Å². The van der Waals surface area contributed by atoms with Gasteiger partial charge in [-0.1, -0.05) is 17.8 Å². The summed E-state index contributed by atoms with van der Waals surface area (Å²) in [5.74, 6) is -0.431. The Hall–Kier alpha value is -3.92. The maximum Gasteiger partial charge on any atom is 0.358 e. The second kappa shape index (κ2) is 10.3. The fraction of sp³-hybridized carbons (Fsp3) is 0.208. The van der Waals surface area contributed by atoms with Gasteiger partial charge in [-0.05, 0) is 74.4 Å². The lowest BCUT2D eigenvalue weighted by molar-refractivity contribution is -0.113. The number of amides is 1. The molecule has 1 amide bonds. The van der Waals surface area contributed by atoms with E-state index in [-0.39, 0.29) is 17.4 Å². The second-order valence-electron chi connectivity index (χ2n) is 7.50. The van der Waals surface area contributed by atoms with Crippen LogP contribution < -0.4 is 5.32 Å². The number of aromatic nitrogens is 5. The molecule has 0 atom stereocenters. The number of ether oxygens (including phenoxy) is 1. The lowest BCUT2D eigenvalue weighted by Crippen LogP contribution is -2.14. The van der Waals surface area contributed by atoms with E-state index in [1.807, 2.05) is 10.6 Å². The van der Waals surface area contributed by atoms with E-state index in [0.29, 0.717) is 17.5 Å². The fourth-order valence-electron chi connectivity index (χ4n) is 3.18. The molecule has 4 rings (SSSR count). The van der Waals surface area contributed by atoms with Crippen LogP contribution in [0.1, 0.15) is 28.5 Å². The van der Waals surface area contributed by atoms with Crippen molar-refractivity contribution in [3.8, 4) is 11.4 Å². The number of benzene rings is 2. The van der Waals surface area contributed by atoms with Gasteiger partial charge in [0.25, 0.3) is 0 Å². The van der Waals surface area contributed by atoms with Crippen molar-refractivity contribution in [3.05, 3.63) is 77.9 Å². The predicted molar refractivity (Wildman–Crippen MR) is 130 cm³/mol. The van der Waals surface area contributed by atoms with Gasteiger partial charge in [-0.2, -0.15) is 5.10 Å². The van der Waals surface area contributed by atoms with Crippen molar-refractivity contribution in [2.45, 2.75) is 25.9 Å². The van der Waals surface area contributed by atoms with Crippen molar-refractivity contribution < 1.29 is 14.3 Å². The molecule has 9 nitrogen and oxygen atoms in total. The molecule has 0 saturated carbocycles. The van der Waals surface area contributed by atoms with Crippen molar-refractivity contribution in [3.63, 3.8) is 0 Å². The molecule has 2 aromatic carbocycles. The number of anilines is 1. The molecule has 4 aromatic rings. The van der Waals surface area contributed by atoms with E-state index < -0.39 is 5.97 Å². The van der Waals surface area contributed by atoms with Crippen molar-refractivity contribution in [1.29, 1.82) is 0 Å². The molecule has 34 heavy (non-hydrogen) atoms. The minimum Gasteiger partial charge on any atom is -0.461 e. The number of rotatable bonds is 8. The molecule has 0 radical (unpaired) electrons. The molecule has 1 N–H and O–H groups in total. The SMILES string of the molecule is CCOC(=O)c1ccn(-c2ccc(NC(=O)CSc3nncn3-c3ccc(C)c(C)c3)cc2)n1. The molecule has 0 aliphatic rings. The maximum absolute atomic E-state index is 12.5. The van der Waals surface area contributed by atoms with Gasteiger partial charge in [-0.25, -0.2) is 9.48 Å². The van der Waals surface area contributed by atoms with Crippen LogP contribution >= 0.6 is 11.8 Å². The molecule has 0 spiro atoms. The number of nitrogens with zero attached hydrogens (tertiary/aromatic N) is 5. The lowest BCUT2D eigenvalue weighted by Gasteiger charge is -2.09. The van der Waals surface area contributed by atoms with E-state index in [9.17, 15) is 9.59 Å². The van der Waals surface area contributed by atoms with Crippen LogP contribution in [0.3, 0.4) is 0 Å². The summed E-state index contributed by atoms with van der Waals surface area (Å²) in [4.78, 5) is 24.3.